The second-order valence-corrected chi connectivity index (χ2v) is 8.16. The number of nitrogens with zero attached hydrogens (tertiary/aromatic N) is 1. The largest absolute Gasteiger partial charge is 0.462 e. The Hall–Kier alpha value is -2.12. The Bertz CT molecular complexity index is 898. The molecule has 0 bridgehead atoms. The fraction of sp³-hybridized carbons (Fsp3) is 0.278. The van der Waals surface area contributed by atoms with Crippen LogP contribution in [0.25, 0.3) is 0 Å². The Kier molecular flexibility index (Phi) is 6.26. The lowest BCUT2D eigenvalue weighted by Crippen LogP contribution is -2.37. The van der Waals surface area contributed by atoms with Crippen molar-refractivity contribution in [2.24, 2.45) is 0 Å². The summed E-state index contributed by atoms with van der Waals surface area (Å²) in [5.74, 6) is -1.27. The standard InChI is InChI=1S/C18H19ClFNO4S/c1-12(2)25-18(22)11-21(17-6-4-5-16(19)13(17)3)26(23,24)15-9-7-14(20)8-10-15/h4-10,12H,11H2,1-3H3. The van der Waals surface area contributed by atoms with E-state index in [4.69, 9.17) is 16.3 Å². The fourth-order valence-corrected chi connectivity index (χ4v) is 3.95. The first-order valence-electron chi connectivity index (χ1n) is 7.86. The molecule has 0 saturated heterocycles. The number of hydrogen-bond acceptors (Lipinski definition) is 4. The lowest BCUT2D eigenvalue weighted by atomic mass is 10.2. The third kappa shape index (κ3) is 4.53. The Morgan fingerprint density at radius 1 is 1.19 bits per heavy atom. The third-order valence-electron chi connectivity index (χ3n) is 3.55. The summed E-state index contributed by atoms with van der Waals surface area (Å²) in [5.41, 5.74) is 0.750. The van der Waals surface area contributed by atoms with Gasteiger partial charge in [-0.05, 0) is 62.7 Å². The predicted molar refractivity (Wildman–Crippen MR) is 98.3 cm³/mol. The van der Waals surface area contributed by atoms with Crippen LogP contribution in [0.15, 0.2) is 47.4 Å². The molecule has 140 valence electrons. The number of esters is 1. The first-order valence-corrected chi connectivity index (χ1v) is 9.67. The molecular weight excluding hydrogens is 381 g/mol. The zero-order valence-corrected chi connectivity index (χ0v) is 16.1. The highest BCUT2D eigenvalue weighted by molar-refractivity contribution is 7.92. The van der Waals surface area contributed by atoms with E-state index in [-0.39, 0.29) is 10.6 Å². The summed E-state index contributed by atoms with van der Waals surface area (Å²) in [5, 5.41) is 0.360. The van der Waals surface area contributed by atoms with E-state index in [2.05, 4.69) is 0 Å². The lowest BCUT2D eigenvalue weighted by Gasteiger charge is -2.26. The van der Waals surface area contributed by atoms with Gasteiger partial charge in [-0.3, -0.25) is 9.10 Å². The quantitative estimate of drug-likeness (QED) is 0.690. The Morgan fingerprint density at radius 3 is 2.38 bits per heavy atom. The molecule has 0 unspecified atom stereocenters. The SMILES string of the molecule is Cc1c(Cl)cccc1N(CC(=O)OC(C)C)S(=O)(=O)c1ccc(F)cc1. The number of benzene rings is 2. The summed E-state index contributed by atoms with van der Waals surface area (Å²) in [7, 11) is -4.13. The first kappa shape index (κ1) is 20.2. The van der Waals surface area contributed by atoms with Gasteiger partial charge in [-0.1, -0.05) is 17.7 Å². The zero-order valence-electron chi connectivity index (χ0n) is 14.6. The van der Waals surface area contributed by atoms with Crippen LogP contribution in [0, 0.1) is 12.7 Å². The number of sulfonamides is 1. The van der Waals surface area contributed by atoms with Crippen molar-refractivity contribution in [2.75, 3.05) is 10.8 Å². The molecule has 0 spiro atoms. The van der Waals surface area contributed by atoms with Gasteiger partial charge in [-0.2, -0.15) is 0 Å². The van der Waals surface area contributed by atoms with Crippen molar-refractivity contribution in [3.05, 3.63) is 58.9 Å². The average molecular weight is 400 g/mol. The molecular formula is C18H19ClFNO4S. The molecule has 0 N–H and O–H groups in total. The van der Waals surface area contributed by atoms with Crippen LogP contribution in [0.4, 0.5) is 10.1 Å². The van der Waals surface area contributed by atoms with Crippen LogP contribution >= 0.6 is 11.6 Å². The molecule has 0 fully saturated rings. The molecule has 2 rings (SSSR count). The summed E-state index contributed by atoms with van der Waals surface area (Å²) in [6.45, 7) is 4.46. The molecule has 2 aromatic rings. The van der Waals surface area contributed by atoms with Crippen LogP contribution in [0.5, 0.6) is 0 Å². The minimum Gasteiger partial charge on any atom is -0.462 e. The van der Waals surface area contributed by atoms with Crippen molar-refractivity contribution in [3.8, 4) is 0 Å². The highest BCUT2D eigenvalue weighted by Gasteiger charge is 2.29. The predicted octanol–water partition coefficient (Wildman–Crippen LogP) is 3.93. The van der Waals surface area contributed by atoms with Crippen LogP contribution in [-0.2, 0) is 19.6 Å². The van der Waals surface area contributed by atoms with Crippen molar-refractivity contribution in [1.29, 1.82) is 0 Å². The molecule has 8 heteroatoms. The average Bonchev–Trinajstić information content (AvgIpc) is 2.55. The third-order valence-corrected chi connectivity index (χ3v) is 5.73. The number of rotatable bonds is 6. The fourth-order valence-electron chi connectivity index (χ4n) is 2.32. The lowest BCUT2D eigenvalue weighted by molar-refractivity contribution is -0.145. The van der Waals surface area contributed by atoms with Crippen LogP contribution < -0.4 is 4.31 Å². The highest BCUT2D eigenvalue weighted by atomic mass is 35.5. The monoisotopic (exact) mass is 399 g/mol. The number of carbonyl (C=O) groups is 1. The van der Waals surface area contributed by atoms with Crippen LogP contribution in [-0.4, -0.2) is 27.0 Å². The van der Waals surface area contributed by atoms with Gasteiger partial charge in [0, 0.05) is 5.02 Å². The smallest absolute Gasteiger partial charge is 0.327 e. The molecule has 0 aliphatic carbocycles. The van der Waals surface area contributed by atoms with Gasteiger partial charge < -0.3 is 4.74 Å². The van der Waals surface area contributed by atoms with Crippen LogP contribution in [0.1, 0.15) is 19.4 Å². The first-order chi connectivity index (χ1) is 12.1. The summed E-state index contributed by atoms with van der Waals surface area (Å²) < 4.78 is 45.3. The maximum atomic E-state index is 13.2. The van der Waals surface area contributed by atoms with Crippen molar-refractivity contribution >= 4 is 33.3 Å². The molecule has 0 atom stereocenters. The van der Waals surface area contributed by atoms with Gasteiger partial charge in [0.25, 0.3) is 10.0 Å². The Morgan fingerprint density at radius 2 is 1.81 bits per heavy atom. The minimum atomic E-state index is -4.13. The zero-order chi connectivity index (χ0) is 19.5. The topological polar surface area (TPSA) is 63.7 Å². The van der Waals surface area contributed by atoms with Crippen molar-refractivity contribution in [1.82, 2.24) is 0 Å². The summed E-state index contributed by atoms with van der Waals surface area (Å²) in [6.07, 6.45) is -0.390. The molecule has 0 amide bonds. The molecule has 2 aromatic carbocycles. The van der Waals surface area contributed by atoms with Gasteiger partial charge in [0.15, 0.2) is 0 Å². The second-order valence-electron chi connectivity index (χ2n) is 5.89. The second kappa shape index (κ2) is 8.05. The molecule has 0 aliphatic heterocycles. The van der Waals surface area contributed by atoms with Crippen molar-refractivity contribution in [2.45, 2.75) is 31.8 Å². The number of halogens is 2. The Balaban J connectivity index is 2.54. The summed E-state index contributed by atoms with van der Waals surface area (Å²) in [4.78, 5) is 12.0. The normalized spacial score (nSPS) is 11.5. The van der Waals surface area contributed by atoms with E-state index in [0.29, 0.717) is 10.6 Å². The molecule has 0 aromatic heterocycles. The van der Waals surface area contributed by atoms with E-state index >= 15 is 0 Å². The minimum absolute atomic E-state index is 0.143. The molecule has 0 saturated carbocycles. The molecule has 5 nitrogen and oxygen atoms in total. The van der Waals surface area contributed by atoms with E-state index in [0.717, 1.165) is 28.6 Å². The van der Waals surface area contributed by atoms with Gasteiger partial charge in [0.1, 0.15) is 12.4 Å². The van der Waals surface area contributed by atoms with Gasteiger partial charge >= 0.3 is 5.97 Å². The van der Waals surface area contributed by atoms with Crippen molar-refractivity contribution in [3.63, 3.8) is 0 Å². The molecule has 0 heterocycles. The van der Waals surface area contributed by atoms with Gasteiger partial charge in [-0.25, -0.2) is 12.8 Å². The number of anilines is 1. The highest BCUT2D eigenvalue weighted by Crippen LogP contribution is 2.31. The van der Waals surface area contributed by atoms with Crippen molar-refractivity contribution < 1.29 is 22.3 Å². The number of carbonyl (C=O) groups excluding carboxylic acids is 1. The van der Waals surface area contributed by atoms with Gasteiger partial charge in [0.05, 0.1) is 16.7 Å². The van der Waals surface area contributed by atoms with E-state index in [1.54, 1.807) is 39.0 Å². The number of hydrogen-bond donors (Lipinski definition) is 0. The summed E-state index contributed by atoms with van der Waals surface area (Å²) in [6, 6.07) is 9.13. The summed E-state index contributed by atoms with van der Waals surface area (Å²) >= 11 is 6.11. The molecule has 26 heavy (non-hydrogen) atoms. The Labute approximate surface area is 157 Å². The molecule has 0 aliphatic rings. The number of ether oxygens (including phenoxy) is 1. The van der Waals surface area contributed by atoms with E-state index < -0.39 is 34.5 Å². The maximum Gasteiger partial charge on any atom is 0.327 e. The van der Waals surface area contributed by atoms with Gasteiger partial charge in [-0.15, -0.1) is 0 Å². The van der Waals surface area contributed by atoms with Crippen LogP contribution in [0.3, 0.4) is 0 Å². The van der Waals surface area contributed by atoms with E-state index in [1.807, 2.05) is 0 Å². The van der Waals surface area contributed by atoms with Gasteiger partial charge in [0.2, 0.25) is 0 Å². The maximum absolute atomic E-state index is 13.2. The van der Waals surface area contributed by atoms with E-state index in [9.17, 15) is 17.6 Å². The molecule has 0 radical (unpaired) electrons. The van der Waals surface area contributed by atoms with Crippen LogP contribution in [0.2, 0.25) is 5.02 Å². The van der Waals surface area contributed by atoms with E-state index in [1.165, 1.54) is 0 Å².